The van der Waals surface area contributed by atoms with Crippen LogP contribution < -0.4 is 5.32 Å². The van der Waals surface area contributed by atoms with Gasteiger partial charge in [0.05, 0.1) is 15.8 Å². The molecule has 1 aromatic heterocycles. The summed E-state index contributed by atoms with van der Waals surface area (Å²) >= 11 is 7.80. The monoisotopic (exact) mass is 472 g/mol. The van der Waals surface area contributed by atoms with Crippen molar-refractivity contribution in [2.45, 2.75) is 46.7 Å². The summed E-state index contributed by atoms with van der Waals surface area (Å²) in [6, 6.07) is 15.7. The first kappa shape index (κ1) is 21.1. The molecule has 2 aromatic carbocycles. The summed E-state index contributed by atoms with van der Waals surface area (Å²) in [5.74, 6) is 1.76. The SMILES string of the molecule is CS(=N)(=O)c1ccc(-c2nc3n(c2Sc2ccc(Cl)cc2)CCC2CCCNC32)cc1. The minimum atomic E-state index is -2.74. The van der Waals surface area contributed by atoms with Gasteiger partial charge in [0.1, 0.15) is 16.5 Å². The topological polar surface area (TPSA) is 70.8 Å². The van der Waals surface area contributed by atoms with E-state index in [-0.39, 0.29) is 0 Å². The third-order valence-corrected chi connectivity index (χ3v) is 8.68. The minimum absolute atomic E-state index is 0.294. The molecule has 2 N–H and O–H groups in total. The Bertz CT molecular complexity index is 1200. The van der Waals surface area contributed by atoms with Crippen LogP contribution in [-0.4, -0.2) is 26.6 Å². The van der Waals surface area contributed by atoms with Gasteiger partial charge in [0.2, 0.25) is 0 Å². The highest BCUT2D eigenvalue weighted by Crippen LogP contribution is 2.43. The minimum Gasteiger partial charge on any atom is -0.321 e. The first-order valence-corrected chi connectivity index (χ1v) is 13.7. The van der Waals surface area contributed by atoms with Crippen molar-refractivity contribution in [3.63, 3.8) is 0 Å². The average Bonchev–Trinajstić information content (AvgIpc) is 3.13. The molecular formula is C23H25ClN4OS2. The predicted molar refractivity (Wildman–Crippen MR) is 126 cm³/mol. The molecule has 1 saturated heterocycles. The molecular weight excluding hydrogens is 448 g/mol. The molecule has 3 unspecified atom stereocenters. The zero-order chi connectivity index (χ0) is 21.6. The van der Waals surface area contributed by atoms with Gasteiger partial charge in [-0.05, 0) is 68.1 Å². The first-order chi connectivity index (χ1) is 14.9. The van der Waals surface area contributed by atoms with Crippen molar-refractivity contribution in [1.82, 2.24) is 14.9 Å². The van der Waals surface area contributed by atoms with Crippen molar-refractivity contribution >= 4 is 33.1 Å². The van der Waals surface area contributed by atoms with Crippen LogP contribution in [0.25, 0.3) is 11.3 Å². The number of nitrogens with one attached hydrogen (secondary N) is 2. The lowest BCUT2D eigenvalue weighted by Crippen LogP contribution is -2.39. The van der Waals surface area contributed by atoms with Crippen LogP contribution in [0.3, 0.4) is 0 Å². The number of imidazole rings is 1. The van der Waals surface area contributed by atoms with Gasteiger partial charge >= 0.3 is 0 Å². The molecule has 0 bridgehead atoms. The van der Waals surface area contributed by atoms with Crippen molar-refractivity contribution in [2.75, 3.05) is 12.8 Å². The number of fused-ring (bicyclic) bond motifs is 3. The van der Waals surface area contributed by atoms with Gasteiger partial charge in [-0.1, -0.05) is 35.5 Å². The van der Waals surface area contributed by atoms with E-state index in [2.05, 4.69) is 9.88 Å². The first-order valence-electron chi connectivity index (χ1n) is 10.5. The average molecular weight is 473 g/mol. The van der Waals surface area contributed by atoms with E-state index < -0.39 is 9.73 Å². The predicted octanol–water partition coefficient (Wildman–Crippen LogP) is 5.83. The van der Waals surface area contributed by atoms with Crippen molar-refractivity contribution in [3.05, 3.63) is 59.4 Å². The molecule has 0 radical (unpaired) electrons. The summed E-state index contributed by atoms with van der Waals surface area (Å²) in [6.45, 7) is 2.00. The van der Waals surface area contributed by atoms with E-state index in [9.17, 15) is 4.21 Å². The van der Waals surface area contributed by atoms with Crippen LogP contribution in [0.5, 0.6) is 0 Å². The van der Waals surface area contributed by atoms with Gasteiger partial charge in [0, 0.05) is 33.2 Å². The molecule has 0 amide bonds. The second-order valence-electron chi connectivity index (χ2n) is 8.32. The lowest BCUT2D eigenvalue weighted by Gasteiger charge is -2.36. The number of aromatic nitrogens is 2. The number of nitrogens with zero attached hydrogens (tertiary/aromatic N) is 2. The molecule has 3 atom stereocenters. The molecule has 8 heteroatoms. The highest BCUT2D eigenvalue weighted by atomic mass is 35.5. The fourth-order valence-electron chi connectivity index (χ4n) is 4.55. The lowest BCUT2D eigenvalue weighted by molar-refractivity contribution is 0.213. The second kappa shape index (κ2) is 8.28. The number of hydrogen-bond donors (Lipinski definition) is 2. The number of piperidine rings is 1. The Morgan fingerprint density at radius 1 is 1.16 bits per heavy atom. The molecule has 3 aromatic rings. The standard InChI is InChI=1S/C23H25ClN4OS2/c1-31(25,29)19-10-4-16(5-11-19)21-23(30-18-8-6-17(24)7-9-18)28-14-12-15-3-2-13-26-20(15)22(28)27-21/h4-11,15,20,25-26H,2-3,12-14H2,1H3. The van der Waals surface area contributed by atoms with E-state index in [1.807, 2.05) is 36.4 Å². The van der Waals surface area contributed by atoms with Gasteiger partial charge in [-0.3, -0.25) is 0 Å². The summed E-state index contributed by atoms with van der Waals surface area (Å²) in [7, 11) is -2.74. The summed E-state index contributed by atoms with van der Waals surface area (Å²) in [6.07, 6.45) is 5.09. The molecule has 162 valence electrons. The second-order valence-corrected chi connectivity index (χ2v) is 12.0. The Kier molecular flexibility index (Phi) is 5.63. The smallest absolute Gasteiger partial charge is 0.127 e. The van der Waals surface area contributed by atoms with Crippen LogP contribution >= 0.6 is 23.4 Å². The highest BCUT2D eigenvalue weighted by Gasteiger charge is 2.35. The number of rotatable bonds is 4. The molecule has 0 spiro atoms. The van der Waals surface area contributed by atoms with Gasteiger partial charge in [-0.15, -0.1) is 0 Å². The fraction of sp³-hybridized carbons (Fsp3) is 0.348. The summed E-state index contributed by atoms with van der Waals surface area (Å²) in [5, 5.41) is 5.55. The number of halogens is 1. The Balaban J connectivity index is 1.60. The van der Waals surface area contributed by atoms with Crippen molar-refractivity contribution in [2.24, 2.45) is 5.92 Å². The van der Waals surface area contributed by atoms with E-state index in [0.717, 1.165) is 51.5 Å². The molecule has 31 heavy (non-hydrogen) atoms. The van der Waals surface area contributed by atoms with Gasteiger partial charge in [0.15, 0.2) is 0 Å². The maximum atomic E-state index is 12.1. The van der Waals surface area contributed by atoms with Gasteiger partial charge in [-0.2, -0.15) is 0 Å². The third-order valence-electron chi connectivity index (χ3n) is 6.15. The van der Waals surface area contributed by atoms with E-state index in [1.54, 1.807) is 23.9 Å². The quantitative estimate of drug-likeness (QED) is 0.500. The van der Waals surface area contributed by atoms with Crippen LogP contribution in [0.1, 0.15) is 31.1 Å². The lowest BCUT2D eigenvalue weighted by atomic mass is 9.85. The zero-order valence-electron chi connectivity index (χ0n) is 17.3. The van der Waals surface area contributed by atoms with Crippen molar-refractivity contribution < 1.29 is 4.21 Å². The van der Waals surface area contributed by atoms with Gasteiger partial charge < -0.3 is 9.88 Å². The maximum Gasteiger partial charge on any atom is 0.127 e. The molecule has 0 aliphatic carbocycles. The Labute approximate surface area is 192 Å². The van der Waals surface area contributed by atoms with Gasteiger partial charge in [0.25, 0.3) is 0 Å². The van der Waals surface area contributed by atoms with Crippen molar-refractivity contribution in [1.29, 1.82) is 4.78 Å². The van der Waals surface area contributed by atoms with E-state index in [0.29, 0.717) is 16.9 Å². The normalized spacial score (nSPS) is 22.4. The maximum absolute atomic E-state index is 12.1. The number of benzene rings is 2. The Morgan fingerprint density at radius 2 is 1.90 bits per heavy atom. The van der Waals surface area contributed by atoms with Crippen LogP contribution in [0.2, 0.25) is 5.02 Å². The van der Waals surface area contributed by atoms with Crippen molar-refractivity contribution in [3.8, 4) is 11.3 Å². The van der Waals surface area contributed by atoms with Crippen LogP contribution in [0.4, 0.5) is 0 Å². The highest BCUT2D eigenvalue weighted by molar-refractivity contribution is 7.99. The van der Waals surface area contributed by atoms with E-state index >= 15 is 0 Å². The fourth-order valence-corrected chi connectivity index (χ4v) is 6.38. The molecule has 5 nitrogen and oxygen atoms in total. The molecule has 3 heterocycles. The Morgan fingerprint density at radius 3 is 2.61 bits per heavy atom. The third kappa shape index (κ3) is 4.16. The van der Waals surface area contributed by atoms with E-state index in [1.165, 1.54) is 19.1 Å². The molecule has 2 aliphatic heterocycles. The Hall–Kier alpha value is -1.80. The van der Waals surface area contributed by atoms with Crippen LogP contribution in [0, 0.1) is 10.7 Å². The molecule has 2 aliphatic rings. The zero-order valence-corrected chi connectivity index (χ0v) is 19.7. The summed E-state index contributed by atoms with van der Waals surface area (Å²) in [5.41, 5.74) is 1.93. The summed E-state index contributed by atoms with van der Waals surface area (Å²) in [4.78, 5) is 6.81. The molecule has 1 fully saturated rings. The largest absolute Gasteiger partial charge is 0.321 e. The van der Waals surface area contributed by atoms with E-state index in [4.69, 9.17) is 21.4 Å². The number of hydrogen-bond acceptors (Lipinski definition) is 5. The van der Waals surface area contributed by atoms with Gasteiger partial charge in [-0.25, -0.2) is 14.0 Å². The van der Waals surface area contributed by atoms with Crippen LogP contribution in [-0.2, 0) is 16.3 Å². The molecule has 0 saturated carbocycles. The molecule has 5 rings (SSSR count). The van der Waals surface area contributed by atoms with Crippen LogP contribution in [0.15, 0.2) is 63.3 Å². The summed E-state index contributed by atoms with van der Waals surface area (Å²) < 4.78 is 22.3.